The lowest BCUT2D eigenvalue weighted by molar-refractivity contribution is -0.121. The highest BCUT2D eigenvalue weighted by molar-refractivity contribution is 7.13. The van der Waals surface area contributed by atoms with Crippen molar-refractivity contribution in [2.45, 2.75) is 32.4 Å². The molecule has 154 valence electrons. The molecule has 1 unspecified atom stereocenters. The summed E-state index contributed by atoms with van der Waals surface area (Å²) < 4.78 is 5.49. The minimum atomic E-state index is -0.572. The quantitative estimate of drug-likeness (QED) is 0.587. The molecule has 1 aliphatic rings. The smallest absolute Gasteiger partial charge is 0.410 e. The second kappa shape index (κ2) is 9.09. The van der Waals surface area contributed by atoms with Crippen molar-refractivity contribution in [3.05, 3.63) is 77.3 Å². The monoisotopic (exact) mass is 421 g/mol. The summed E-state index contributed by atoms with van der Waals surface area (Å²) in [7, 11) is 0. The Bertz CT molecular complexity index is 1010. The van der Waals surface area contributed by atoms with Crippen LogP contribution in [-0.4, -0.2) is 34.5 Å². The summed E-state index contributed by atoms with van der Waals surface area (Å²) in [6.07, 6.45) is 2.58. The molecule has 0 bridgehead atoms. The summed E-state index contributed by atoms with van der Waals surface area (Å²) in [5.41, 5.74) is 2.71. The number of nitrogens with zero attached hydrogens (tertiary/aromatic N) is 3. The zero-order chi connectivity index (χ0) is 20.9. The number of carbonyl (C=O) groups is 2. The molecule has 1 aromatic heterocycles. The lowest BCUT2D eigenvalue weighted by atomic mass is 10.1. The molecule has 7 heteroatoms. The van der Waals surface area contributed by atoms with Gasteiger partial charge in [-0.15, -0.1) is 11.3 Å². The maximum absolute atomic E-state index is 13.6. The van der Waals surface area contributed by atoms with Gasteiger partial charge in [0.2, 0.25) is 0 Å². The maximum Gasteiger partial charge on any atom is 0.410 e. The van der Waals surface area contributed by atoms with E-state index in [-0.39, 0.29) is 12.5 Å². The second-order valence-electron chi connectivity index (χ2n) is 7.22. The third-order valence-corrected chi connectivity index (χ3v) is 5.82. The number of likely N-dealkylation sites (tertiary alicyclic amines) is 1. The van der Waals surface area contributed by atoms with Crippen LogP contribution in [0.2, 0.25) is 0 Å². The van der Waals surface area contributed by atoms with Gasteiger partial charge in [0, 0.05) is 18.1 Å². The van der Waals surface area contributed by atoms with Crippen molar-refractivity contribution in [3.8, 4) is 0 Å². The van der Waals surface area contributed by atoms with Gasteiger partial charge in [-0.25, -0.2) is 9.78 Å². The number of anilines is 2. The fraction of sp³-hybridized carbons (Fsp3) is 0.261. The van der Waals surface area contributed by atoms with Crippen molar-refractivity contribution >= 4 is 34.2 Å². The van der Waals surface area contributed by atoms with Crippen LogP contribution >= 0.6 is 11.3 Å². The van der Waals surface area contributed by atoms with Gasteiger partial charge in [0.05, 0.1) is 5.69 Å². The molecule has 0 N–H and O–H groups in total. The van der Waals surface area contributed by atoms with E-state index in [1.165, 1.54) is 11.3 Å². The number of ether oxygens (including phenoxy) is 1. The standard InChI is InChI=1S/C23H23N3O3S/c1-17-7-5-10-19(15-17)26(22-24-12-14-30-22)21(27)20-11-6-13-25(20)23(28)29-16-18-8-3-2-4-9-18/h2-5,7-10,12,14-15,20H,6,11,13,16H2,1H3. The van der Waals surface area contributed by atoms with Crippen LogP contribution in [-0.2, 0) is 16.1 Å². The van der Waals surface area contributed by atoms with E-state index in [9.17, 15) is 9.59 Å². The van der Waals surface area contributed by atoms with Gasteiger partial charge in [0.15, 0.2) is 5.13 Å². The van der Waals surface area contributed by atoms with Crippen LogP contribution < -0.4 is 4.90 Å². The summed E-state index contributed by atoms with van der Waals surface area (Å²) in [6.45, 7) is 2.67. The predicted molar refractivity (Wildman–Crippen MR) is 117 cm³/mol. The highest BCUT2D eigenvalue weighted by atomic mass is 32.1. The summed E-state index contributed by atoms with van der Waals surface area (Å²) >= 11 is 1.40. The molecule has 1 aliphatic heterocycles. The average Bonchev–Trinajstić information content (AvgIpc) is 3.45. The lowest BCUT2D eigenvalue weighted by Gasteiger charge is -2.28. The normalized spacial score (nSPS) is 15.8. The molecule has 0 aliphatic carbocycles. The number of hydrogen-bond acceptors (Lipinski definition) is 5. The molecule has 0 saturated carbocycles. The summed E-state index contributed by atoms with van der Waals surface area (Å²) in [5, 5.41) is 2.43. The first kappa shape index (κ1) is 20.1. The van der Waals surface area contributed by atoms with Crippen LogP contribution in [0.25, 0.3) is 0 Å². The Labute approximate surface area is 179 Å². The van der Waals surface area contributed by atoms with E-state index in [4.69, 9.17) is 4.74 Å². The van der Waals surface area contributed by atoms with Gasteiger partial charge in [-0.2, -0.15) is 0 Å². The van der Waals surface area contributed by atoms with Crippen LogP contribution in [0.1, 0.15) is 24.0 Å². The highest BCUT2D eigenvalue weighted by Gasteiger charge is 2.39. The number of hydrogen-bond donors (Lipinski definition) is 0. The van der Waals surface area contributed by atoms with Crippen LogP contribution in [0.15, 0.2) is 66.2 Å². The Hall–Kier alpha value is -3.19. The van der Waals surface area contributed by atoms with Gasteiger partial charge in [-0.1, -0.05) is 42.5 Å². The lowest BCUT2D eigenvalue weighted by Crippen LogP contribution is -2.46. The molecule has 2 aromatic carbocycles. The number of rotatable bonds is 5. The zero-order valence-electron chi connectivity index (χ0n) is 16.7. The molecular formula is C23H23N3O3S. The summed E-state index contributed by atoms with van der Waals surface area (Å²) in [4.78, 5) is 33.9. The Morgan fingerprint density at radius 1 is 1.20 bits per heavy atom. The first-order chi connectivity index (χ1) is 14.6. The van der Waals surface area contributed by atoms with Gasteiger partial charge in [0.25, 0.3) is 5.91 Å². The first-order valence-corrected chi connectivity index (χ1v) is 10.8. The van der Waals surface area contributed by atoms with Crippen molar-refractivity contribution in [2.75, 3.05) is 11.4 Å². The van der Waals surface area contributed by atoms with Crippen molar-refractivity contribution in [2.24, 2.45) is 0 Å². The second-order valence-corrected chi connectivity index (χ2v) is 8.09. The molecule has 0 radical (unpaired) electrons. The molecule has 1 atom stereocenters. The average molecular weight is 422 g/mol. The van der Waals surface area contributed by atoms with E-state index in [0.717, 1.165) is 23.2 Å². The van der Waals surface area contributed by atoms with Crippen LogP contribution in [0.4, 0.5) is 15.6 Å². The van der Waals surface area contributed by atoms with E-state index >= 15 is 0 Å². The van der Waals surface area contributed by atoms with Crippen molar-refractivity contribution < 1.29 is 14.3 Å². The molecular weight excluding hydrogens is 398 g/mol. The highest BCUT2D eigenvalue weighted by Crippen LogP contribution is 2.31. The Kier molecular flexibility index (Phi) is 6.09. The van der Waals surface area contributed by atoms with Gasteiger partial charge in [0.1, 0.15) is 12.6 Å². The van der Waals surface area contributed by atoms with Crippen molar-refractivity contribution in [1.29, 1.82) is 0 Å². The summed E-state index contributed by atoms with van der Waals surface area (Å²) in [6, 6.07) is 16.7. The third kappa shape index (κ3) is 4.36. The van der Waals surface area contributed by atoms with Crippen LogP contribution in [0.3, 0.4) is 0 Å². The number of thiazole rings is 1. The van der Waals surface area contributed by atoms with Crippen molar-refractivity contribution in [3.63, 3.8) is 0 Å². The van der Waals surface area contributed by atoms with Crippen LogP contribution in [0, 0.1) is 6.92 Å². The maximum atomic E-state index is 13.6. The van der Waals surface area contributed by atoms with E-state index in [1.807, 2.05) is 66.9 Å². The number of aryl methyl sites for hydroxylation is 1. The molecule has 2 heterocycles. The molecule has 4 rings (SSSR count). The minimum Gasteiger partial charge on any atom is -0.445 e. The predicted octanol–water partition coefficient (Wildman–Crippen LogP) is 4.92. The Morgan fingerprint density at radius 2 is 2.03 bits per heavy atom. The molecule has 1 saturated heterocycles. The topological polar surface area (TPSA) is 62.7 Å². The third-order valence-electron chi connectivity index (χ3n) is 5.07. The fourth-order valence-corrected chi connectivity index (χ4v) is 4.28. The van der Waals surface area contributed by atoms with Crippen LogP contribution in [0.5, 0.6) is 0 Å². The van der Waals surface area contributed by atoms with E-state index < -0.39 is 12.1 Å². The van der Waals surface area contributed by atoms with E-state index in [0.29, 0.717) is 18.1 Å². The first-order valence-electron chi connectivity index (χ1n) is 9.91. The largest absolute Gasteiger partial charge is 0.445 e. The number of amides is 2. The van der Waals surface area contributed by atoms with Gasteiger partial charge < -0.3 is 4.74 Å². The Morgan fingerprint density at radius 3 is 2.77 bits per heavy atom. The molecule has 3 aromatic rings. The zero-order valence-corrected chi connectivity index (χ0v) is 17.5. The van der Waals surface area contributed by atoms with Gasteiger partial charge in [-0.3, -0.25) is 14.6 Å². The molecule has 30 heavy (non-hydrogen) atoms. The number of aromatic nitrogens is 1. The fourth-order valence-electron chi connectivity index (χ4n) is 3.62. The molecule has 6 nitrogen and oxygen atoms in total. The SMILES string of the molecule is Cc1cccc(N(C(=O)C2CCCN2C(=O)OCc2ccccc2)c2nccs2)c1. The molecule has 0 spiro atoms. The molecule has 1 fully saturated rings. The molecule has 2 amide bonds. The van der Waals surface area contributed by atoms with E-state index in [2.05, 4.69) is 4.98 Å². The number of benzene rings is 2. The van der Waals surface area contributed by atoms with E-state index in [1.54, 1.807) is 16.0 Å². The Balaban J connectivity index is 1.54. The van der Waals surface area contributed by atoms with Gasteiger partial charge in [-0.05, 0) is 43.0 Å². The van der Waals surface area contributed by atoms with Gasteiger partial charge >= 0.3 is 6.09 Å². The van der Waals surface area contributed by atoms with Crippen molar-refractivity contribution in [1.82, 2.24) is 9.88 Å². The minimum absolute atomic E-state index is 0.162. The summed E-state index contributed by atoms with van der Waals surface area (Å²) in [5.74, 6) is -0.162. The number of carbonyl (C=O) groups excluding carboxylic acids is 2.